The molecule has 0 aromatic heterocycles. The monoisotopic (exact) mass is 965 g/mol. The number of hydrogen-bond acceptors (Lipinski definition) is 12. The van der Waals surface area contributed by atoms with Crippen molar-refractivity contribution in [3.8, 4) is 5.75 Å². The van der Waals surface area contributed by atoms with Crippen molar-refractivity contribution in [3.05, 3.63) is 125 Å². The second-order valence-electron chi connectivity index (χ2n) is 17.0. The van der Waals surface area contributed by atoms with Crippen LogP contribution in [0.3, 0.4) is 0 Å². The van der Waals surface area contributed by atoms with Gasteiger partial charge in [-0.1, -0.05) is 45.8 Å². The summed E-state index contributed by atoms with van der Waals surface area (Å²) in [6.45, 7) is 9.02. The predicted molar refractivity (Wildman–Crippen MR) is 234 cm³/mol. The van der Waals surface area contributed by atoms with Crippen LogP contribution in [0.2, 0.25) is 0 Å². The van der Waals surface area contributed by atoms with E-state index < -0.39 is 57.8 Å². The fraction of sp³-hybridized carbons (Fsp3) is 0.391. The molecule has 65 heavy (non-hydrogen) atoms. The summed E-state index contributed by atoms with van der Waals surface area (Å²) < 4.78 is 114. The molecule has 3 aliphatic rings. The molecule has 0 atom stereocenters. The van der Waals surface area contributed by atoms with E-state index in [0.29, 0.717) is 68.7 Å². The molecule has 0 saturated carbocycles. The molecule has 0 unspecified atom stereocenters. The van der Waals surface area contributed by atoms with Gasteiger partial charge in [0.15, 0.2) is 5.71 Å². The molecule has 1 aliphatic carbocycles. The Morgan fingerprint density at radius 3 is 2.14 bits per heavy atom. The van der Waals surface area contributed by atoms with Crippen molar-refractivity contribution in [2.45, 2.75) is 106 Å². The van der Waals surface area contributed by atoms with Crippen molar-refractivity contribution in [1.29, 1.82) is 0 Å². The van der Waals surface area contributed by atoms with E-state index in [1.165, 1.54) is 36.4 Å². The maximum atomic E-state index is 12.1. The number of fused-ring (bicyclic) bond motifs is 2. The number of ether oxygens (including phenoxy) is 1. The Morgan fingerprint density at radius 1 is 0.815 bits per heavy atom. The van der Waals surface area contributed by atoms with E-state index in [4.69, 9.17) is 9.84 Å². The van der Waals surface area contributed by atoms with Gasteiger partial charge in [-0.15, -0.1) is 6.07 Å². The summed E-state index contributed by atoms with van der Waals surface area (Å²) in [6.07, 6.45) is 12.3. The Morgan fingerprint density at radius 2 is 1.49 bits per heavy atom. The van der Waals surface area contributed by atoms with Crippen LogP contribution in [0.1, 0.15) is 96.6 Å². The van der Waals surface area contributed by atoms with Crippen LogP contribution >= 0.6 is 0 Å². The molecule has 0 amide bonds. The number of unbranched alkanes of at least 4 members (excludes halogenated alkanes) is 3. The molecule has 2 heterocycles. The van der Waals surface area contributed by atoms with Crippen molar-refractivity contribution < 1.29 is 117 Å². The summed E-state index contributed by atoms with van der Waals surface area (Å²) in [5, 5.41) is 9.17. The van der Waals surface area contributed by atoms with Crippen LogP contribution in [-0.4, -0.2) is 79.1 Å². The third-order valence-electron chi connectivity index (χ3n) is 11.9. The maximum absolute atomic E-state index is 12.1. The van der Waals surface area contributed by atoms with Crippen molar-refractivity contribution in [1.82, 2.24) is 0 Å². The minimum atomic E-state index is -4.75. The quantitative estimate of drug-likeness (QED) is 0.0626. The maximum Gasteiger partial charge on any atom is 1.00 e. The molecule has 3 aromatic carbocycles. The standard InChI is InChI=1S/C46H54N2O12S3.2Na/c1-45(2)37-15-7-8-16-39(37)47(29-10-11-30-61(51,52)53)41(45)26-18-32-13-12-14-33(44(32)60-34-20-22-35(23-21-34)62(54,55)56)19-27-42-46(3,4)38-31-36(63(57,58)59)24-25-40(38)48(42)28-9-5-6-17-43(49)50;;/h8,15-16,18-27,31H,5-6,9-14,17,28-30H2,1-4H3,(H,49,50)(H,51,52,53)(H,54,55,56)(H,57,58,59);;/q;2*+1/p-3. The number of rotatable bonds is 18. The summed E-state index contributed by atoms with van der Waals surface area (Å²) in [7, 11) is -13.8. The molecule has 2 aliphatic heterocycles. The van der Waals surface area contributed by atoms with Crippen LogP contribution in [0.25, 0.3) is 0 Å². The minimum Gasteiger partial charge on any atom is -0.748 e. The van der Waals surface area contributed by atoms with Crippen molar-refractivity contribution in [2.75, 3.05) is 23.7 Å². The van der Waals surface area contributed by atoms with Crippen LogP contribution in [0.5, 0.6) is 5.75 Å². The third-order valence-corrected chi connectivity index (χ3v) is 14.3. The molecule has 0 saturated heterocycles. The van der Waals surface area contributed by atoms with E-state index in [0.717, 1.165) is 45.9 Å². The topological polar surface area (TPSA) is 224 Å². The van der Waals surface area contributed by atoms with E-state index in [2.05, 4.69) is 29.4 Å². The molecule has 0 radical (unpaired) electrons. The first-order chi connectivity index (χ1) is 29.5. The molecule has 338 valence electrons. The summed E-state index contributed by atoms with van der Waals surface area (Å²) in [4.78, 5) is 12.5. The zero-order valence-electron chi connectivity index (χ0n) is 37.6. The number of carboxylic acid groups (broad SMARTS) is 1. The second kappa shape index (κ2) is 22.0. The molecule has 3 aromatic rings. The fourth-order valence-corrected chi connectivity index (χ4v) is 10.2. The van der Waals surface area contributed by atoms with Gasteiger partial charge in [0, 0.05) is 53.4 Å². The summed E-state index contributed by atoms with van der Waals surface area (Å²) in [5.74, 6) is -0.533. The summed E-state index contributed by atoms with van der Waals surface area (Å²) >= 11 is 0. The van der Waals surface area contributed by atoms with Crippen LogP contribution in [0.4, 0.5) is 11.4 Å². The van der Waals surface area contributed by atoms with Gasteiger partial charge in [0.1, 0.15) is 44.0 Å². The number of aliphatic carboxylic acids is 1. The van der Waals surface area contributed by atoms with E-state index in [1.807, 2.05) is 56.4 Å². The van der Waals surface area contributed by atoms with Gasteiger partial charge in [0.2, 0.25) is 0 Å². The molecule has 0 bridgehead atoms. The van der Waals surface area contributed by atoms with Gasteiger partial charge < -0.3 is 28.4 Å². The Labute approximate surface area is 427 Å². The van der Waals surface area contributed by atoms with E-state index in [9.17, 15) is 43.7 Å². The van der Waals surface area contributed by atoms with Crippen molar-refractivity contribution in [2.24, 2.45) is 0 Å². The van der Waals surface area contributed by atoms with Gasteiger partial charge in [-0.3, -0.25) is 4.79 Å². The first-order valence-electron chi connectivity index (χ1n) is 20.7. The average molecular weight is 966 g/mol. The Hall–Kier alpha value is -2.91. The number of carboxylic acids is 1. The van der Waals surface area contributed by atoms with Gasteiger partial charge in [-0.2, -0.15) is 18.2 Å². The number of benzene rings is 3. The first-order valence-corrected chi connectivity index (χ1v) is 25.1. The smallest absolute Gasteiger partial charge is 0.748 e. The van der Waals surface area contributed by atoms with Gasteiger partial charge in [-0.25, -0.2) is 29.8 Å². The first kappa shape index (κ1) is 54.7. The zero-order valence-corrected chi connectivity index (χ0v) is 44.1. The van der Waals surface area contributed by atoms with Gasteiger partial charge in [0.25, 0.3) is 0 Å². The van der Waals surface area contributed by atoms with E-state index in [-0.39, 0.29) is 76.9 Å². The van der Waals surface area contributed by atoms with Gasteiger partial charge >= 0.3 is 65.1 Å². The molecule has 6 rings (SSSR count). The molecule has 0 spiro atoms. The Balaban J connectivity index is 0.00000462. The molecular weight excluding hydrogens is 915 g/mol. The molecule has 19 heteroatoms. The third kappa shape index (κ3) is 13.2. The molecular formula is C46H51N2Na2O12S3-. The van der Waals surface area contributed by atoms with Crippen molar-refractivity contribution in [3.63, 3.8) is 0 Å². The second-order valence-corrected chi connectivity index (χ2v) is 21.3. The summed E-state index contributed by atoms with van der Waals surface area (Å²) in [5.41, 5.74) is 5.47. The van der Waals surface area contributed by atoms with Crippen LogP contribution in [0, 0.1) is 6.07 Å². The summed E-state index contributed by atoms with van der Waals surface area (Å²) in [6, 6.07) is 18.4. The predicted octanol–water partition coefficient (Wildman–Crippen LogP) is 1.33. The van der Waals surface area contributed by atoms with Crippen LogP contribution in [0.15, 0.2) is 117 Å². The average Bonchev–Trinajstić information content (AvgIpc) is 3.55. The number of hydrogen-bond donors (Lipinski definition) is 1. The SMILES string of the molecule is CC1(C)C(/C=C/C2=C(Oc3ccc(S(=O)(=O)[O-])cc3)C(=C/C=C3/N(CCCCCC(=O)O)c4ccc(S(=O)(=O)[O-])cc4C3(C)C)/CCC2)=[N+](CCCCS(=O)(=O)[O-])c2cc[c-]cc21.[Na+].[Na+]. The van der Waals surface area contributed by atoms with E-state index in [1.54, 1.807) is 6.07 Å². The van der Waals surface area contributed by atoms with Crippen molar-refractivity contribution >= 4 is 53.4 Å². The molecule has 0 fully saturated rings. The number of nitrogens with zero attached hydrogens (tertiary/aromatic N) is 2. The molecule has 1 N–H and O–H groups in total. The Kier molecular flexibility index (Phi) is 18.5. The van der Waals surface area contributed by atoms with Crippen LogP contribution in [-0.2, 0) is 46.0 Å². The number of anilines is 1. The minimum absolute atomic E-state index is 0. The zero-order chi connectivity index (χ0) is 46.0. The number of carbonyl (C=O) groups is 1. The Bertz CT molecular complexity index is 2780. The normalized spacial score (nSPS) is 18.2. The van der Waals surface area contributed by atoms with E-state index >= 15 is 0 Å². The van der Waals surface area contributed by atoms with Gasteiger partial charge in [0.05, 0.1) is 19.9 Å². The van der Waals surface area contributed by atoms with Crippen LogP contribution < -0.4 is 68.8 Å². The number of allylic oxidation sites excluding steroid dienone is 7. The largest absolute Gasteiger partial charge is 1.00 e. The molecule has 14 nitrogen and oxygen atoms in total. The van der Waals surface area contributed by atoms with Gasteiger partial charge in [-0.05, 0) is 110 Å². The fourth-order valence-electron chi connectivity index (χ4n) is 8.63.